The molecule has 1 aromatic heterocycles. The highest BCUT2D eigenvalue weighted by Crippen LogP contribution is 2.34. The van der Waals surface area contributed by atoms with E-state index in [4.69, 9.17) is 14.5 Å². The molecule has 3 heterocycles. The number of nitrogens with one attached hydrogen (secondary N) is 2. The van der Waals surface area contributed by atoms with Crippen LogP contribution in [-0.2, 0) is 9.59 Å². The van der Waals surface area contributed by atoms with E-state index in [1.807, 2.05) is 19.1 Å². The number of carboxylic acid groups (broad SMARTS) is 1. The molecule has 0 bridgehead atoms. The van der Waals surface area contributed by atoms with Gasteiger partial charge in [-0.3, -0.25) is 9.69 Å². The molecule has 1 fully saturated rings. The molecule has 2 aliphatic rings. The van der Waals surface area contributed by atoms with Crippen molar-refractivity contribution in [3.05, 3.63) is 59.9 Å². The number of aromatic nitrogens is 2. The highest BCUT2D eigenvalue weighted by molar-refractivity contribution is 5.90. The van der Waals surface area contributed by atoms with Crippen LogP contribution in [0.4, 0.5) is 9.18 Å². The van der Waals surface area contributed by atoms with Crippen molar-refractivity contribution in [2.45, 2.75) is 63.6 Å². The molecule has 4 atom stereocenters. The van der Waals surface area contributed by atoms with Crippen molar-refractivity contribution in [1.82, 2.24) is 20.2 Å². The van der Waals surface area contributed by atoms with Gasteiger partial charge in [-0.15, -0.1) is 0 Å². The maximum absolute atomic E-state index is 14.2. The number of carboxylic acids is 1. The summed E-state index contributed by atoms with van der Waals surface area (Å²) in [4.78, 5) is 50.6. The molecule has 5 rings (SSSR count). The number of methoxy groups -OCH3 is 1. The Balaban J connectivity index is 1.49. The largest absolute Gasteiger partial charge is 0.496 e. The number of allylic oxidation sites excluding steroid dienone is 2. The third kappa shape index (κ3) is 7.22. The van der Waals surface area contributed by atoms with Gasteiger partial charge >= 0.3 is 12.0 Å². The van der Waals surface area contributed by atoms with Gasteiger partial charge in [-0.1, -0.05) is 24.3 Å². The Morgan fingerprint density at radius 2 is 1.93 bits per heavy atom. The minimum Gasteiger partial charge on any atom is -0.496 e. The molecule has 0 radical (unpaired) electrons. The number of halogens is 1. The second-order valence-corrected chi connectivity index (χ2v) is 11.6. The number of carbonyl (C=O) groups excluding carboxylic acids is 2. The van der Waals surface area contributed by atoms with E-state index in [1.54, 1.807) is 43.3 Å². The lowest BCUT2D eigenvalue weighted by Gasteiger charge is -2.24. The molecule has 238 valence electrons. The van der Waals surface area contributed by atoms with Crippen LogP contribution in [0.25, 0.3) is 22.3 Å². The standard InChI is InChI=1S/C33H38FN5O6/c1-20-27(44-3)15-14-24-28(20)36-29(21-11-10-12-22(34)17-21)37-31(24)45-23-18-26-30(40)35-25(32(41)42)13-8-6-4-5-7-9-16-38(2)33(43)39(26)19-23/h4,6,10-12,14-15,17,23,25-26H,5,7-9,13,16,18-19H2,1-3H3,(H,35,40)(H,41,42)/p+1. The molecule has 0 aliphatic carbocycles. The first-order valence-corrected chi connectivity index (χ1v) is 15.2. The lowest BCUT2D eigenvalue weighted by atomic mass is 10.1. The van der Waals surface area contributed by atoms with E-state index in [0.717, 1.165) is 24.8 Å². The highest BCUT2D eigenvalue weighted by Gasteiger charge is 2.48. The minimum atomic E-state index is -1.13. The van der Waals surface area contributed by atoms with E-state index in [9.17, 15) is 23.9 Å². The molecule has 0 saturated carbocycles. The van der Waals surface area contributed by atoms with Crippen molar-refractivity contribution in [1.29, 1.82) is 0 Å². The third-order valence-corrected chi connectivity index (χ3v) is 8.44. The maximum Gasteiger partial charge on any atom is 0.417 e. The summed E-state index contributed by atoms with van der Waals surface area (Å²) in [6.07, 6.45) is 6.77. The van der Waals surface area contributed by atoms with Crippen LogP contribution in [0, 0.1) is 12.7 Å². The average molecular weight is 621 g/mol. The van der Waals surface area contributed by atoms with Gasteiger partial charge in [0.15, 0.2) is 18.0 Å². The van der Waals surface area contributed by atoms with Gasteiger partial charge in [-0.2, -0.15) is 4.98 Å². The van der Waals surface area contributed by atoms with Crippen molar-refractivity contribution in [2.75, 3.05) is 27.2 Å². The van der Waals surface area contributed by atoms with Gasteiger partial charge in [-0.05, 0) is 63.3 Å². The Hall–Kier alpha value is -4.58. The van der Waals surface area contributed by atoms with Gasteiger partial charge < -0.3 is 19.9 Å². The first-order valence-electron chi connectivity index (χ1n) is 15.2. The number of hydrogen-bond acceptors (Lipinski definition) is 7. The molecule has 3 N–H and O–H groups in total. The normalized spacial score (nSPS) is 23.2. The summed E-state index contributed by atoms with van der Waals surface area (Å²) in [6.45, 7) is 2.55. The molecular weight excluding hydrogens is 581 g/mol. The van der Waals surface area contributed by atoms with Gasteiger partial charge in [0, 0.05) is 24.7 Å². The lowest BCUT2D eigenvalue weighted by Crippen LogP contribution is -3.19. The summed E-state index contributed by atoms with van der Waals surface area (Å²) < 4.78 is 26.1. The number of aliphatic carboxylic acids is 1. The number of rotatable bonds is 5. The number of aryl methyl sites for hydroxylation is 1. The zero-order valence-corrected chi connectivity index (χ0v) is 25.7. The van der Waals surface area contributed by atoms with E-state index < -0.39 is 35.9 Å². The summed E-state index contributed by atoms with van der Waals surface area (Å²) in [6, 6.07) is 7.30. The highest BCUT2D eigenvalue weighted by atomic mass is 19.1. The fourth-order valence-corrected chi connectivity index (χ4v) is 5.96. The second-order valence-electron chi connectivity index (χ2n) is 11.6. The van der Waals surface area contributed by atoms with Gasteiger partial charge in [-0.25, -0.2) is 23.9 Å². The quantitative estimate of drug-likeness (QED) is 0.370. The lowest BCUT2D eigenvalue weighted by molar-refractivity contribution is -0.823. The van der Waals surface area contributed by atoms with Crippen LogP contribution in [0.15, 0.2) is 48.6 Å². The van der Waals surface area contributed by atoms with Crippen LogP contribution in [-0.4, -0.2) is 83.3 Å². The van der Waals surface area contributed by atoms with Crippen LogP contribution < -0.4 is 19.7 Å². The number of urea groups is 1. The van der Waals surface area contributed by atoms with Crippen LogP contribution in [0.1, 0.15) is 44.1 Å². The molecule has 3 aromatic rings. The van der Waals surface area contributed by atoms with Crippen molar-refractivity contribution < 1.29 is 38.3 Å². The molecule has 45 heavy (non-hydrogen) atoms. The molecule has 2 aromatic carbocycles. The predicted molar refractivity (Wildman–Crippen MR) is 165 cm³/mol. The van der Waals surface area contributed by atoms with E-state index in [2.05, 4.69) is 10.3 Å². The SMILES string of the molecule is COc1ccc2c(OC3CC4C(=O)NC(C(=O)O)CCC=CCCCCN(C)C(=O)[NH+]4C3)nc(-c3cccc(F)c3)nc2c1C. The molecule has 12 heteroatoms. The van der Waals surface area contributed by atoms with Gasteiger partial charge in [0.1, 0.15) is 24.2 Å². The Bertz CT molecular complexity index is 1610. The molecule has 3 amide bonds. The van der Waals surface area contributed by atoms with Crippen LogP contribution in [0.5, 0.6) is 11.6 Å². The first kappa shape index (κ1) is 31.8. The number of carbonyl (C=O) groups is 3. The summed E-state index contributed by atoms with van der Waals surface area (Å²) in [5.41, 5.74) is 1.76. The number of ether oxygens (including phenoxy) is 2. The summed E-state index contributed by atoms with van der Waals surface area (Å²) in [7, 11) is 3.28. The minimum absolute atomic E-state index is 0.156. The average Bonchev–Trinajstić information content (AvgIpc) is 3.44. The zero-order chi connectivity index (χ0) is 32.1. The maximum atomic E-state index is 14.2. The van der Waals surface area contributed by atoms with Crippen molar-refractivity contribution in [3.63, 3.8) is 0 Å². The smallest absolute Gasteiger partial charge is 0.417 e. The fraction of sp³-hybridized carbons (Fsp3) is 0.424. The summed E-state index contributed by atoms with van der Waals surface area (Å²) in [5, 5.41) is 13.1. The van der Waals surface area contributed by atoms with E-state index >= 15 is 0 Å². The van der Waals surface area contributed by atoms with E-state index in [1.165, 1.54) is 12.1 Å². The van der Waals surface area contributed by atoms with Crippen molar-refractivity contribution in [2.24, 2.45) is 0 Å². The fourth-order valence-electron chi connectivity index (χ4n) is 5.96. The van der Waals surface area contributed by atoms with E-state index in [-0.39, 0.29) is 37.1 Å². The molecule has 4 unspecified atom stereocenters. The van der Waals surface area contributed by atoms with Gasteiger partial charge in [0.25, 0.3) is 5.91 Å². The molecular formula is C33H39FN5O6+. The van der Waals surface area contributed by atoms with Crippen LogP contribution >= 0.6 is 0 Å². The Morgan fingerprint density at radius 1 is 1.13 bits per heavy atom. The molecule has 1 saturated heterocycles. The molecule has 0 spiro atoms. The molecule has 2 aliphatic heterocycles. The monoisotopic (exact) mass is 620 g/mol. The number of hydrogen-bond donors (Lipinski definition) is 3. The van der Waals surface area contributed by atoms with Crippen LogP contribution in [0.3, 0.4) is 0 Å². The van der Waals surface area contributed by atoms with Crippen molar-refractivity contribution >= 4 is 28.8 Å². The summed E-state index contributed by atoms with van der Waals surface area (Å²) in [5.74, 6) is -0.983. The number of nitrogens with zero attached hydrogens (tertiary/aromatic N) is 3. The van der Waals surface area contributed by atoms with Crippen LogP contribution in [0.2, 0.25) is 0 Å². The zero-order valence-electron chi connectivity index (χ0n) is 25.7. The second kappa shape index (κ2) is 14.0. The number of benzene rings is 2. The predicted octanol–water partition coefficient (Wildman–Crippen LogP) is 3.30. The van der Waals surface area contributed by atoms with E-state index in [0.29, 0.717) is 40.1 Å². The Labute approximate surface area is 261 Å². The third-order valence-electron chi connectivity index (χ3n) is 8.44. The molecule has 11 nitrogen and oxygen atoms in total. The van der Waals surface area contributed by atoms with Crippen molar-refractivity contribution in [3.8, 4) is 23.0 Å². The topological polar surface area (TPSA) is 135 Å². The summed E-state index contributed by atoms with van der Waals surface area (Å²) >= 11 is 0. The number of fused-ring (bicyclic) bond motifs is 2. The van der Waals surface area contributed by atoms with Gasteiger partial charge in [0.2, 0.25) is 5.88 Å². The number of quaternary nitrogens is 1. The first-order chi connectivity index (χ1) is 21.7. The Morgan fingerprint density at radius 3 is 2.69 bits per heavy atom. The van der Waals surface area contributed by atoms with Gasteiger partial charge in [0.05, 0.1) is 24.4 Å². The Kier molecular flexibility index (Phi) is 9.92. The number of amides is 3.